The zero-order valence-electron chi connectivity index (χ0n) is 7.51. The van der Waals surface area contributed by atoms with Crippen molar-refractivity contribution in [2.75, 3.05) is 0 Å². The molecular formula is C10H11N3. The smallest absolute Gasteiger partial charge is 0.105 e. The highest BCUT2D eigenvalue weighted by atomic mass is 15.0. The Hall–Kier alpha value is -1.64. The Bertz CT molecular complexity index is 378. The minimum Gasteiger partial charge on any atom is -0.331 e. The van der Waals surface area contributed by atoms with E-state index in [9.17, 15) is 0 Å². The molecular weight excluding hydrogens is 162 g/mol. The van der Waals surface area contributed by atoms with E-state index in [0.717, 1.165) is 12.4 Å². The number of aryl methyl sites for hydroxylation is 1. The molecule has 0 bridgehead atoms. The lowest BCUT2D eigenvalue weighted by Crippen LogP contribution is -2.00. The number of imidazole rings is 1. The third-order valence-corrected chi connectivity index (χ3v) is 2.00. The van der Waals surface area contributed by atoms with E-state index < -0.39 is 0 Å². The lowest BCUT2D eigenvalue weighted by molar-refractivity contribution is 0.758. The molecule has 0 N–H and O–H groups in total. The number of pyridine rings is 1. The van der Waals surface area contributed by atoms with Gasteiger partial charge in [-0.15, -0.1) is 0 Å². The number of nitrogens with zero attached hydrogens (tertiary/aromatic N) is 3. The summed E-state index contributed by atoms with van der Waals surface area (Å²) in [6, 6.07) is 4.01. The SMILES string of the molecule is Cc1nccn1Cc1cccnc1. The van der Waals surface area contributed by atoms with Gasteiger partial charge in [-0.25, -0.2) is 4.98 Å². The summed E-state index contributed by atoms with van der Waals surface area (Å²) in [5, 5.41) is 0. The van der Waals surface area contributed by atoms with Crippen LogP contribution in [-0.2, 0) is 6.54 Å². The van der Waals surface area contributed by atoms with Crippen LogP contribution in [0, 0.1) is 6.92 Å². The highest BCUT2D eigenvalue weighted by Gasteiger charge is 1.97. The maximum Gasteiger partial charge on any atom is 0.105 e. The van der Waals surface area contributed by atoms with Crippen molar-refractivity contribution in [3.8, 4) is 0 Å². The zero-order valence-corrected chi connectivity index (χ0v) is 7.51. The summed E-state index contributed by atoms with van der Waals surface area (Å²) in [6.07, 6.45) is 7.44. The van der Waals surface area contributed by atoms with Gasteiger partial charge >= 0.3 is 0 Å². The summed E-state index contributed by atoms with van der Waals surface area (Å²) in [6.45, 7) is 2.84. The number of aromatic nitrogens is 3. The summed E-state index contributed by atoms with van der Waals surface area (Å²) >= 11 is 0. The van der Waals surface area contributed by atoms with E-state index in [1.165, 1.54) is 5.56 Å². The molecule has 13 heavy (non-hydrogen) atoms. The van der Waals surface area contributed by atoms with Crippen LogP contribution >= 0.6 is 0 Å². The second-order valence-electron chi connectivity index (χ2n) is 2.96. The molecule has 0 aliphatic heterocycles. The summed E-state index contributed by atoms with van der Waals surface area (Å²) in [4.78, 5) is 8.22. The van der Waals surface area contributed by atoms with Crippen LogP contribution in [0.1, 0.15) is 11.4 Å². The summed E-state index contributed by atoms with van der Waals surface area (Å²) in [5.74, 6) is 1.03. The first kappa shape index (κ1) is 7.98. The van der Waals surface area contributed by atoms with Crippen molar-refractivity contribution in [3.05, 3.63) is 48.3 Å². The Balaban J connectivity index is 2.20. The molecule has 0 radical (unpaired) electrons. The van der Waals surface area contributed by atoms with Crippen LogP contribution in [0.4, 0.5) is 0 Å². The fraction of sp³-hybridized carbons (Fsp3) is 0.200. The van der Waals surface area contributed by atoms with Gasteiger partial charge in [0.2, 0.25) is 0 Å². The topological polar surface area (TPSA) is 30.7 Å². The van der Waals surface area contributed by atoms with E-state index in [2.05, 4.69) is 20.6 Å². The molecule has 0 fully saturated rings. The van der Waals surface area contributed by atoms with Gasteiger partial charge < -0.3 is 4.57 Å². The Kier molecular flexibility index (Phi) is 2.08. The average molecular weight is 173 g/mol. The van der Waals surface area contributed by atoms with Gasteiger partial charge in [0.1, 0.15) is 5.82 Å². The monoisotopic (exact) mass is 173 g/mol. The highest BCUT2D eigenvalue weighted by molar-refractivity contribution is 5.10. The van der Waals surface area contributed by atoms with Crippen molar-refractivity contribution in [1.29, 1.82) is 0 Å². The van der Waals surface area contributed by atoms with Crippen molar-refractivity contribution >= 4 is 0 Å². The van der Waals surface area contributed by atoms with Crippen molar-refractivity contribution in [1.82, 2.24) is 14.5 Å². The fourth-order valence-electron chi connectivity index (χ4n) is 1.26. The minimum absolute atomic E-state index is 0.847. The number of hydrogen-bond acceptors (Lipinski definition) is 2. The Morgan fingerprint density at radius 3 is 2.92 bits per heavy atom. The summed E-state index contributed by atoms with van der Waals surface area (Å²) in [5.41, 5.74) is 1.20. The third-order valence-electron chi connectivity index (χ3n) is 2.00. The molecule has 0 saturated heterocycles. The van der Waals surface area contributed by atoms with Crippen LogP contribution in [0.25, 0.3) is 0 Å². The molecule has 0 aromatic carbocycles. The second-order valence-corrected chi connectivity index (χ2v) is 2.96. The van der Waals surface area contributed by atoms with Crippen LogP contribution in [0.5, 0.6) is 0 Å². The van der Waals surface area contributed by atoms with E-state index in [1.54, 1.807) is 6.20 Å². The van der Waals surface area contributed by atoms with E-state index in [0.29, 0.717) is 0 Å². The quantitative estimate of drug-likeness (QED) is 0.691. The molecule has 0 aliphatic rings. The molecule has 66 valence electrons. The maximum absolute atomic E-state index is 4.16. The van der Waals surface area contributed by atoms with Crippen molar-refractivity contribution in [3.63, 3.8) is 0 Å². The van der Waals surface area contributed by atoms with Crippen molar-refractivity contribution in [2.24, 2.45) is 0 Å². The summed E-state index contributed by atoms with van der Waals surface area (Å²) in [7, 11) is 0. The molecule has 0 amide bonds. The predicted octanol–water partition coefficient (Wildman–Crippen LogP) is 1.63. The van der Waals surface area contributed by atoms with Gasteiger partial charge in [0.15, 0.2) is 0 Å². The van der Waals surface area contributed by atoms with Gasteiger partial charge in [0.05, 0.1) is 6.54 Å². The molecule has 0 spiro atoms. The Labute approximate surface area is 77.1 Å². The standard InChI is InChI=1S/C10H11N3/c1-9-12-5-6-13(9)8-10-3-2-4-11-7-10/h2-7H,8H2,1H3. The highest BCUT2D eigenvalue weighted by Crippen LogP contribution is 2.02. The van der Waals surface area contributed by atoms with Crippen LogP contribution in [-0.4, -0.2) is 14.5 Å². The van der Waals surface area contributed by atoms with E-state index in [1.807, 2.05) is 31.6 Å². The molecule has 0 saturated carbocycles. The molecule has 2 aromatic heterocycles. The van der Waals surface area contributed by atoms with Crippen molar-refractivity contribution in [2.45, 2.75) is 13.5 Å². The first-order valence-corrected chi connectivity index (χ1v) is 4.23. The van der Waals surface area contributed by atoms with E-state index >= 15 is 0 Å². The normalized spacial score (nSPS) is 10.2. The maximum atomic E-state index is 4.16. The van der Waals surface area contributed by atoms with Crippen LogP contribution < -0.4 is 0 Å². The van der Waals surface area contributed by atoms with E-state index in [-0.39, 0.29) is 0 Å². The second kappa shape index (κ2) is 3.39. The lowest BCUT2D eigenvalue weighted by Gasteiger charge is -2.03. The third kappa shape index (κ3) is 1.75. The molecule has 2 heterocycles. The van der Waals surface area contributed by atoms with Gasteiger partial charge in [0, 0.05) is 24.8 Å². The van der Waals surface area contributed by atoms with Gasteiger partial charge in [-0.05, 0) is 18.6 Å². The van der Waals surface area contributed by atoms with Crippen LogP contribution in [0.3, 0.4) is 0 Å². The molecule has 2 aromatic rings. The zero-order chi connectivity index (χ0) is 9.10. The molecule has 0 atom stereocenters. The average Bonchev–Trinajstić information content (AvgIpc) is 2.54. The first-order chi connectivity index (χ1) is 6.36. The molecule has 3 nitrogen and oxygen atoms in total. The Morgan fingerprint density at radius 2 is 2.31 bits per heavy atom. The molecule has 0 unspecified atom stereocenters. The number of rotatable bonds is 2. The summed E-state index contributed by atoms with van der Waals surface area (Å²) < 4.78 is 2.09. The van der Waals surface area contributed by atoms with Crippen LogP contribution in [0.15, 0.2) is 36.9 Å². The molecule has 3 heteroatoms. The van der Waals surface area contributed by atoms with Gasteiger partial charge in [-0.3, -0.25) is 4.98 Å². The van der Waals surface area contributed by atoms with E-state index in [4.69, 9.17) is 0 Å². The fourth-order valence-corrected chi connectivity index (χ4v) is 1.26. The van der Waals surface area contributed by atoms with Gasteiger partial charge in [-0.2, -0.15) is 0 Å². The van der Waals surface area contributed by atoms with Gasteiger partial charge in [0.25, 0.3) is 0 Å². The van der Waals surface area contributed by atoms with Crippen molar-refractivity contribution < 1.29 is 0 Å². The largest absolute Gasteiger partial charge is 0.331 e. The molecule has 2 rings (SSSR count). The Morgan fingerprint density at radius 1 is 1.38 bits per heavy atom. The first-order valence-electron chi connectivity index (χ1n) is 4.23. The lowest BCUT2D eigenvalue weighted by atomic mass is 10.3. The van der Waals surface area contributed by atoms with Gasteiger partial charge in [-0.1, -0.05) is 6.07 Å². The predicted molar refractivity (Wildman–Crippen MR) is 50.3 cm³/mol. The molecule has 0 aliphatic carbocycles. The minimum atomic E-state index is 0.847. The number of hydrogen-bond donors (Lipinski definition) is 0. The van der Waals surface area contributed by atoms with Crippen LogP contribution in [0.2, 0.25) is 0 Å².